The molecule has 0 spiro atoms. The number of hydrogen-bond acceptors (Lipinski definition) is 2. The van der Waals surface area contributed by atoms with Crippen LogP contribution in [-0.2, 0) is 22.4 Å². The number of rotatable bonds is 3. The van der Waals surface area contributed by atoms with Crippen molar-refractivity contribution in [3.05, 3.63) is 29.3 Å². The molecule has 2 rings (SSSR count). The van der Waals surface area contributed by atoms with Crippen LogP contribution in [0.2, 0.25) is 0 Å². The van der Waals surface area contributed by atoms with E-state index < -0.39 is 5.97 Å². The van der Waals surface area contributed by atoms with Crippen LogP contribution in [-0.4, -0.2) is 17.0 Å². The minimum Gasteiger partial charge on any atom is -0.481 e. The number of fused-ring (bicyclic) bond motifs is 1. The van der Waals surface area contributed by atoms with E-state index >= 15 is 0 Å². The summed E-state index contributed by atoms with van der Waals surface area (Å²) in [4.78, 5) is 21.5. The quantitative estimate of drug-likeness (QED) is 0.779. The maximum absolute atomic E-state index is 11.1. The Morgan fingerprint density at radius 1 is 1.47 bits per heavy atom. The van der Waals surface area contributed by atoms with Gasteiger partial charge in [0.1, 0.15) is 0 Å². The molecule has 1 aromatic carbocycles. The first-order chi connectivity index (χ1) is 7.15. The number of carbonyl (C=O) groups excluding carboxylic acids is 1. The van der Waals surface area contributed by atoms with Gasteiger partial charge in [0.15, 0.2) is 0 Å². The third-order valence-electron chi connectivity index (χ3n) is 2.43. The molecule has 0 aliphatic carbocycles. The molecule has 0 aromatic heterocycles. The lowest BCUT2D eigenvalue weighted by atomic mass is 10.1. The van der Waals surface area contributed by atoms with E-state index in [4.69, 9.17) is 5.11 Å². The average molecular weight is 205 g/mol. The Morgan fingerprint density at radius 3 is 3.00 bits per heavy atom. The first-order valence-corrected chi connectivity index (χ1v) is 4.78. The van der Waals surface area contributed by atoms with Crippen LogP contribution in [0.3, 0.4) is 0 Å². The SMILES string of the molecule is O=C(O)CCc1ccc2c(c1)NC(=O)C2. The summed E-state index contributed by atoms with van der Waals surface area (Å²) >= 11 is 0. The summed E-state index contributed by atoms with van der Waals surface area (Å²) in [6.45, 7) is 0. The molecule has 4 nitrogen and oxygen atoms in total. The van der Waals surface area contributed by atoms with E-state index in [-0.39, 0.29) is 12.3 Å². The van der Waals surface area contributed by atoms with Crippen molar-refractivity contribution >= 4 is 17.6 Å². The van der Waals surface area contributed by atoms with E-state index in [1.165, 1.54) is 0 Å². The van der Waals surface area contributed by atoms with Gasteiger partial charge in [-0.15, -0.1) is 0 Å². The number of aliphatic carboxylic acids is 1. The van der Waals surface area contributed by atoms with Gasteiger partial charge in [0, 0.05) is 12.1 Å². The summed E-state index contributed by atoms with van der Waals surface area (Å²) < 4.78 is 0. The Hall–Kier alpha value is -1.84. The largest absolute Gasteiger partial charge is 0.481 e. The molecule has 0 saturated carbocycles. The van der Waals surface area contributed by atoms with Crippen LogP contribution < -0.4 is 5.32 Å². The van der Waals surface area contributed by atoms with E-state index in [1.807, 2.05) is 18.2 Å². The highest BCUT2D eigenvalue weighted by atomic mass is 16.4. The Morgan fingerprint density at radius 2 is 2.27 bits per heavy atom. The molecule has 1 aliphatic heterocycles. The van der Waals surface area contributed by atoms with Gasteiger partial charge in [0.2, 0.25) is 5.91 Å². The molecule has 4 heteroatoms. The van der Waals surface area contributed by atoms with E-state index in [1.54, 1.807) is 0 Å². The Labute approximate surface area is 86.9 Å². The first kappa shape index (κ1) is 9.71. The number of carbonyl (C=O) groups is 2. The molecular weight excluding hydrogens is 194 g/mol. The maximum Gasteiger partial charge on any atom is 0.303 e. The second-order valence-electron chi connectivity index (χ2n) is 3.61. The fourth-order valence-corrected chi connectivity index (χ4v) is 1.67. The van der Waals surface area contributed by atoms with Gasteiger partial charge in [0.25, 0.3) is 0 Å². The summed E-state index contributed by atoms with van der Waals surface area (Å²) in [5.41, 5.74) is 2.75. The van der Waals surface area contributed by atoms with Gasteiger partial charge in [-0.2, -0.15) is 0 Å². The number of carboxylic acid groups (broad SMARTS) is 1. The lowest BCUT2D eigenvalue weighted by molar-refractivity contribution is -0.137. The monoisotopic (exact) mass is 205 g/mol. The highest BCUT2D eigenvalue weighted by Gasteiger charge is 2.17. The van der Waals surface area contributed by atoms with Crippen molar-refractivity contribution in [1.29, 1.82) is 0 Å². The zero-order valence-corrected chi connectivity index (χ0v) is 8.12. The van der Waals surface area contributed by atoms with Crippen LogP contribution in [0, 0.1) is 0 Å². The highest BCUT2D eigenvalue weighted by molar-refractivity contribution is 5.99. The van der Waals surface area contributed by atoms with Gasteiger partial charge in [-0.3, -0.25) is 9.59 Å². The molecule has 0 unspecified atom stereocenters. The van der Waals surface area contributed by atoms with Crippen LogP contribution in [0.5, 0.6) is 0 Å². The molecular formula is C11H11NO3. The minimum atomic E-state index is -0.806. The second kappa shape index (κ2) is 3.73. The number of aryl methyl sites for hydroxylation is 1. The highest BCUT2D eigenvalue weighted by Crippen LogP contribution is 2.24. The van der Waals surface area contributed by atoms with Crippen LogP contribution in [0.4, 0.5) is 5.69 Å². The molecule has 78 valence electrons. The van der Waals surface area contributed by atoms with Crippen molar-refractivity contribution in [3.8, 4) is 0 Å². The number of anilines is 1. The van der Waals surface area contributed by atoms with E-state index in [9.17, 15) is 9.59 Å². The molecule has 2 N–H and O–H groups in total. The van der Waals surface area contributed by atoms with Gasteiger partial charge in [0.05, 0.1) is 6.42 Å². The molecule has 0 fully saturated rings. The van der Waals surface area contributed by atoms with E-state index in [0.29, 0.717) is 12.8 Å². The maximum atomic E-state index is 11.1. The number of nitrogens with one attached hydrogen (secondary N) is 1. The third kappa shape index (κ3) is 2.15. The van der Waals surface area contributed by atoms with E-state index in [0.717, 1.165) is 16.8 Å². The van der Waals surface area contributed by atoms with Crippen LogP contribution in [0.25, 0.3) is 0 Å². The number of benzene rings is 1. The first-order valence-electron chi connectivity index (χ1n) is 4.78. The van der Waals surface area contributed by atoms with Crippen LogP contribution >= 0.6 is 0 Å². The number of carboxylic acids is 1. The predicted octanol–water partition coefficient (Wildman–Crippen LogP) is 1.20. The molecule has 1 aliphatic rings. The summed E-state index contributed by atoms with van der Waals surface area (Å²) in [6.07, 6.45) is 1.04. The Bertz CT molecular complexity index is 426. The summed E-state index contributed by atoms with van der Waals surface area (Å²) in [6, 6.07) is 5.61. The van der Waals surface area contributed by atoms with Gasteiger partial charge in [-0.25, -0.2) is 0 Å². The van der Waals surface area contributed by atoms with Crippen molar-refractivity contribution < 1.29 is 14.7 Å². The smallest absolute Gasteiger partial charge is 0.303 e. The Balaban J connectivity index is 2.13. The van der Waals surface area contributed by atoms with Gasteiger partial charge in [-0.05, 0) is 23.6 Å². The number of hydrogen-bond donors (Lipinski definition) is 2. The molecule has 0 bridgehead atoms. The van der Waals surface area contributed by atoms with Crippen molar-refractivity contribution in [3.63, 3.8) is 0 Å². The third-order valence-corrected chi connectivity index (χ3v) is 2.43. The fraction of sp³-hybridized carbons (Fsp3) is 0.273. The molecule has 15 heavy (non-hydrogen) atoms. The van der Waals surface area contributed by atoms with Crippen molar-refractivity contribution in [2.45, 2.75) is 19.3 Å². The molecule has 1 aromatic rings. The lowest BCUT2D eigenvalue weighted by Gasteiger charge is -2.02. The molecule has 1 heterocycles. The van der Waals surface area contributed by atoms with Gasteiger partial charge in [-0.1, -0.05) is 12.1 Å². The van der Waals surface area contributed by atoms with Gasteiger partial charge >= 0.3 is 5.97 Å². The molecule has 0 saturated heterocycles. The zero-order valence-electron chi connectivity index (χ0n) is 8.12. The van der Waals surface area contributed by atoms with Crippen molar-refractivity contribution in [1.82, 2.24) is 0 Å². The summed E-state index contributed by atoms with van der Waals surface area (Å²) in [5, 5.41) is 11.3. The standard InChI is InChI=1S/C11H11NO3/c13-10-6-8-3-1-7(2-4-11(14)15)5-9(8)12-10/h1,3,5H,2,4,6H2,(H,12,13)(H,14,15). The molecule has 0 atom stereocenters. The topological polar surface area (TPSA) is 66.4 Å². The Kier molecular flexibility index (Phi) is 2.41. The predicted molar refractivity (Wildman–Crippen MR) is 54.7 cm³/mol. The van der Waals surface area contributed by atoms with Crippen LogP contribution in [0.1, 0.15) is 17.5 Å². The van der Waals surface area contributed by atoms with Gasteiger partial charge < -0.3 is 10.4 Å². The normalized spacial score (nSPS) is 13.5. The fourth-order valence-electron chi connectivity index (χ4n) is 1.67. The van der Waals surface area contributed by atoms with Crippen molar-refractivity contribution in [2.75, 3.05) is 5.32 Å². The molecule has 0 radical (unpaired) electrons. The minimum absolute atomic E-state index is 0.000356. The molecule has 1 amide bonds. The van der Waals surface area contributed by atoms with Crippen LogP contribution in [0.15, 0.2) is 18.2 Å². The summed E-state index contributed by atoms with van der Waals surface area (Å²) in [7, 11) is 0. The van der Waals surface area contributed by atoms with Crippen molar-refractivity contribution in [2.24, 2.45) is 0 Å². The van der Waals surface area contributed by atoms with E-state index in [2.05, 4.69) is 5.32 Å². The second-order valence-corrected chi connectivity index (χ2v) is 3.61. The number of amides is 1. The lowest BCUT2D eigenvalue weighted by Crippen LogP contribution is -2.03. The summed E-state index contributed by atoms with van der Waals surface area (Å²) in [5.74, 6) is -0.806. The average Bonchev–Trinajstić information content (AvgIpc) is 2.53. The zero-order chi connectivity index (χ0) is 10.8.